The van der Waals surface area contributed by atoms with E-state index in [2.05, 4.69) is 9.12 Å². The zero-order valence-electron chi connectivity index (χ0n) is 2.73. The predicted molar refractivity (Wildman–Crippen MR) is 30.6 cm³/mol. The summed E-state index contributed by atoms with van der Waals surface area (Å²) in [5.41, 5.74) is 0. The van der Waals surface area contributed by atoms with E-state index in [1.807, 2.05) is 10.8 Å². The molecule has 0 aromatic carbocycles. The first-order chi connectivity index (χ1) is 2.50. The topological polar surface area (TPSA) is 0 Å². The second-order valence-electron chi connectivity index (χ2n) is 0.800. The maximum atomic E-state index is 2.12. The van der Waals surface area contributed by atoms with Gasteiger partial charge in [-0.1, -0.05) is 0 Å². The van der Waals surface area contributed by atoms with Gasteiger partial charge in [-0.15, -0.1) is 0 Å². The molecule has 0 nitrogen and oxygen atoms in total. The molecule has 1 aliphatic rings. The molecule has 1 saturated heterocycles. The normalized spacial score (nSPS) is 24.0. The maximum absolute atomic E-state index is 2.12. The fourth-order valence-corrected chi connectivity index (χ4v) is 9.74. The van der Waals surface area contributed by atoms with Crippen LogP contribution in [0.4, 0.5) is 0 Å². The number of hydrogen-bond acceptors (Lipinski definition) is 2. The summed E-state index contributed by atoms with van der Waals surface area (Å²) in [6, 6.07) is 0. The van der Waals surface area contributed by atoms with E-state index in [9.17, 15) is 0 Å². The third-order valence-corrected chi connectivity index (χ3v) is 9.44. The molecule has 0 aliphatic carbocycles. The standard InChI is InChI=1S/C2H4GeS2/c1-2-4-5-3-1/h1-2H2. The van der Waals surface area contributed by atoms with E-state index in [0.29, 0.717) is 14.3 Å². The van der Waals surface area contributed by atoms with E-state index in [1.165, 1.54) is 5.75 Å². The van der Waals surface area contributed by atoms with Crippen LogP contribution in [0.2, 0.25) is 5.25 Å². The van der Waals surface area contributed by atoms with Crippen molar-refractivity contribution >= 4 is 34.2 Å². The molecule has 0 aromatic rings. The molecule has 1 rings (SSSR count). The average Bonchev–Trinajstić information content (AvgIpc) is 1.76. The first-order valence-corrected chi connectivity index (χ1v) is 7.89. The van der Waals surface area contributed by atoms with E-state index < -0.39 is 0 Å². The molecule has 0 atom stereocenters. The molecule has 0 aromatic heterocycles. The van der Waals surface area contributed by atoms with E-state index >= 15 is 0 Å². The molecule has 0 bridgehead atoms. The molecule has 3 heteroatoms. The Kier molecular flexibility index (Phi) is 2.13. The molecule has 0 amide bonds. The molecule has 5 heavy (non-hydrogen) atoms. The van der Waals surface area contributed by atoms with Crippen LogP contribution in [-0.4, -0.2) is 20.0 Å². The second kappa shape index (κ2) is 2.42. The molecule has 0 N–H and O–H groups in total. The Morgan fingerprint density at radius 3 is 2.80 bits per heavy atom. The average molecular weight is 165 g/mol. The first-order valence-electron chi connectivity index (χ1n) is 1.51. The summed E-state index contributed by atoms with van der Waals surface area (Å²) in [5, 5.41) is 1.55. The number of hydrogen-bond donors (Lipinski definition) is 0. The van der Waals surface area contributed by atoms with E-state index in [1.54, 1.807) is 5.25 Å². The van der Waals surface area contributed by atoms with Gasteiger partial charge >= 0.3 is 45.2 Å². The van der Waals surface area contributed by atoms with E-state index in [-0.39, 0.29) is 0 Å². The van der Waals surface area contributed by atoms with Gasteiger partial charge in [0.1, 0.15) is 0 Å². The van der Waals surface area contributed by atoms with E-state index in [4.69, 9.17) is 0 Å². The Labute approximate surface area is 45.4 Å². The van der Waals surface area contributed by atoms with Crippen molar-refractivity contribution in [1.29, 1.82) is 0 Å². The third kappa shape index (κ3) is 1.41. The van der Waals surface area contributed by atoms with Crippen LogP contribution in [-0.2, 0) is 0 Å². The summed E-state index contributed by atoms with van der Waals surface area (Å²) in [7, 11) is 4.16. The van der Waals surface area contributed by atoms with Gasteiger partial charge in [-0.05, 0) is 0 Å². The molecule has 0 unspecified atom stereocenters. The van der Waals surface area contributed by atoms with Crippen LogP contribution in [0.3, 0.4) is 0 Å². The quantitative estimate of drug-likeness (QED) is 0.393. The van der Waals surface area contributed by atoms with Crippen molar-refractivity contribution in [3.8, 4) is 0 Å². The summed E-state index contributed by atoms with van der Waals surface area (Å²) < 4.78 is 0. The van der Waals surface area contributed by atoms with Crippen LogP contribution in [0.1, 0.15) is 0 Å². The van der Waals surface area contributed by atoms with E-state index in [0.717, 1.165) is 0 Å². The van der Waals surface area contributed by atoms with Crippen molar-refractivity contribution < 1.29 is 0 Å². The Hall–Kier alpha value is 1.24. The molecular formula is C2H4GeS2. The molecule has 0 spiro atoms. The van der Waals surface area contributed by atoms with Gasteiger partial charge in [0.25, 0.3) is 0 Å². The van der Waals surface area contributed by atoms with Gasteiger partial charge in [0.2, 0.25) is 0 Å². The van der Waals surface area contributed by atoms with Gasteiger partial charge in [-0.3, -0.25) is 0 Å². The fourth-order valence-electron chi connectivity index (χ4n) is 0.208. The Morgan fingerprint density at radius 1 is 1.60 bits per heavy atom. The summed E-state index contributed by atoms with van der Waals surface area (Å²) in [6.45, 7) is 0. The SMILES string of the molecule is C1[CH2][Ge][S]S1. The number of rotatable bonds is 0. The van der Waals surface area contributed by atoms with Crippen molar-refractivity contribution in [1.82, 2.24) is 0 Å². The van der Waals surface area contributed by atoms with Gasteiger partial charge in [-0.25, -0.2) is 0 Å². The van der Waals surface area contributed by atoms with Crippen LogP contribution >= 0.6 is 19.9 Å². The van der Waals surface area contributed by atoms with Crippen LogP contribution < -0.4 is 0 Å². The van der Waals surface area contributed by atoms with Crippen LogP contribution in [0.15, 0.2) is 0 Å². The second-order valence-corrected chi connectivity index (χ2v) is 9.12. The van der Waals surface area contributed by atoms with Crippen molar-refractivity contribution in [2.45, 2.75) is 5.25 Å². The predicted octanol–water partition coefficient (Wildman–Crippen LogP) is 1.42. The zero-order chi connectivity index (χ0) is 3.54. The van der Waals surface area contributed by atoms with Crippen molar-refractivity contribution in [3.63, 3.8) is 0 Å². The zero-order valence-corrected chi connectivity index (χ0v) is 6.46. The Bertz CT molecular complexity index is 19.2. The van der Waals surface area contributed by atoms with Gasteiger partial charge in [0.05, 0.1) is 0 Å². The van der Waals surface area contributed by atoms with Crippen molar-refractivity contribution in [3.05, 3.63) is 0 Å². The molecule has 1 aliphatic heterocycles. The van der Waals surface area contributed by atoms with Gasteiger partial charge in [0.15, 0.2) is 0 Å². The molecule has 2 radical (unpaired) electrons. The molecule has 1 fully saturated rings. The minimum absolute atomic E-state index is 0.519. The van der Waals surface area contributed by atoms with Crippen molar-refractivity contribution in [2.24, 2.45) is 0 Å². The van der Waals surface area contributed by atoms with Crippen LogP contribution in [0.5, 0.6) is 0 Å². The monoisotopic (exact) mass is 166 g/mol. The summed E-state index contributed by atoms with van der Waals surface area (Å²) in [4.78, 5) is 0. The first kappa shape index (κ1) is 4.40. The molecular weight excluding hydrogens is 161 g/mol. The Balaban J connectivity index is 2.08. The van der Waals surface area contributed by atoms with Crippen molar-refractivity contribution in [2.75, 3.05) is 5.75 Å². The molecule has 0 saturated carbocycles. The minimum atomic E-state index is 0.519. The Morgan fingerprint density at radius 2 is 2.60 bits per heavy atom. The summed E-state index contributed by atoms with van der Waals surface area (Å²) in [5.74, 6) is 1.44. The molecule has 28 valence electrons. The summed E-state index contributed by atoms with van der Waals surface area (Å²) >= 11 is 0.519. The van der Waals surface area contributed by atoms with Crippen LogP contribution in [0.25, 0.3) is 0 Å². The molecule has 1 heterocycles. The van der Waals surface area contributed by atoms with Gasteiger partial charge in [0, 0.05) is 0 Å². The third-order valence-electron chi connectivity index (χ3n) is 0.405. The van der Waals surface area contributed by atoms with Gasteiger partial charge < -0.3 is 0 Å². The fraction of sp³-hybridized carbons (Fsp3) is 1.00. The van der Waals surface area contributed by atoms with Gasteiger partial charge in [-0.2, -0.15) is 0 Å². The van der Waals surface area contributed by atoms with Crippen LogP contribution in [0, 0.1) is 0 Å². The summed E-state index contributed by atoms with van der Waals surface area (Å²) in [6.07, 6.45) is 0.